The van der Waals surface area contributed by atoms with E-state index in [1.54, 1.807) is 6.20 Å². The molecule has 90 valence electrons. The molecule has 0 saturated carbocycles. The lowest BCUT2D eigenvalue weighted by Crippen LogP contribution is -2.06. The average molecular weight is 352 g/mol. The van der Waals surface area contributed by atoms with Gasteiger partial charge in [0.2, 0.25) is 0 Å². The Labute approximate surface area is 122 Å². The molecule has 1 atom stereocenters. The second-order valence-corrected chi connectivity index (χ2v) is 6.61. The van der Waals surface area contributed by atoms with E-state index in [9.17, 15) is 0 Å². The Morgan fingerprint density at radius 1 is 1.41 bits per heavy atom. The van der Waals surface area contributed by atoms with Gasteiger partial charge < -0.3 is 5.32 Å². The van der Waals surface area contributed by atoms with E-state index in [0.29, 0.717) is 4.34 Å². The van der Waals surface area contributed by atoms with Crippen LogP contribution in [0.25, 0.3) is 0 Å². The fraction of sp³-hybridized carbons (Fsp3) is 0.182. The highest BCUT2D eigenvalue weighted by Gasteiger charge is 2.13. The normalized spacial score (nSPS) is 12.5. The Bertz CT molecular complexity index is 513. The minimum Gasteiger partial charge on any atom is -0.377 e. The smallest absolute Gasteiger partial charge is 0.106 e. The van der Waals surface area contributed by atoms with Gasteiger partial charge in [0, 0.05) is 5.56 Å². The number of nitrogens with one attached hydrogen (secondary N) is 1. The molecule has 2 rings (SSSR count). The van der Waals surface area contributed by atoms with Gasteiger partial charge in [0.25, 0.3) is 0 Å². The molecule has 0 fully saturated rings. The molecule has 1 unspecified atom stereocenters. The van der Waals surface area contributed by atoms with Gasteiger partial charge in [-0.15, -0.1) is 11.3 Å². The SMILES string of the molecule is CC(Nc1ccc(Br)nc1)c1cc(Cl)sc1Cl. The van der Waals surface area contributed by atoms with Crippen molar-refractivity contribution in [1.29, 1.82) is 0 Å². The maximum absolute atomic E-state index is 6.10. The quantitative estimate of drug-likeness (QED) is 0.750. The van der Waals surface area contributed by atoms with Crippen molar-refractivity contribution in [3.63, 3.8) is 0 Å². The molecule has 17 heavy (non-hydrogen) atoms. The Morgan fingerprint density at radius 2 is 2.18 bits per heavy atom. The Balaban J connectivity index is 2.14. The maximum atomic E-state index is 6.10. The van der Waals surface area contributed by atoms with Gasteiger partial charge >= 0.3 is 0 Å². The summed E-state index contributed by atoms with van der Waals surface area (Å²) in [4.78, 5) is 4.15. The topological polar surface area (TPSA) is 24.9 Å². The van der Waals surface area contributed by atoms with Crippen LogP contribution in [-0.4, -0.2) is 4.98 Å². The van der Waals surface area contributed by atoms with E-state index in [2.05, 4.69) is 26.2 Å². The standard InChI is InChI=1S/C11H9BrCl2N2S/c1-6(8-4-10(13)17-11(8)14)16-7-2-3-9(12)15-5-7/h2-6,16H,1H3. The Kier molecular flexibility index (Phi) is 4.31. The number of thiophene rings is 1. The van der Waals surface area contributed by atoms with Crippen molar-refractivity contribution < 1.29 is 0 Å². The highest BCUT2D eigenvalue weighted by atomic mass is 79.9. The number of rotatable bonds is 3. The first-order valence-corrected chi connectivity index (χ1v) is 7.25. The lowest BCUT2D eigenvalue weighted by Gasteiger charge is -2.14. The van der Waals surface area contributed by atoms with Gasteiger partial charge in [-0.05, 0) is 41.1 Å². The number of hydrogen-bond donors (Lipinski definition) is 1. The van der Waals surface area contributed by atoms with Crippen molar-refractivity contribution in [2.24, 2.45) is 0 Å². The van der Waals surface area contributed by atoms with E-state index in [4.69, 9.17) is 23.2 Å². The molecule has 0 saturated heterocycles. The van der Waals surface area contributed by atoms with Crippen LogP contribution in [-0.2, 0) is 0 Å². The second kappa shape index (κ2) is 5.57. The Hall–Kier alpha value is -0.290. The molecule has 0 spiro atoms. The van der Waals surface area contributed by atoms with Gasteiger partial charge in [-0.2, -0.15) is 0 Å². The first-order valence-electron chi connectivity index (χ1n) is 4.89. The molecule has 0 amide bonds. The molecule has 0 radical (unpaired) electrons. The molecule has 1 N–H and O–H groups in total. The molecule has 0 aliphatic carbocycles. The largest absolute Gasteiger partial charge is 0.377 e. The van der Waals surface area contributed by atoms with Crippen LogP contribution >= 0.6 is 50.5 Å². The zero-order chi connectivity index (χ0) is 12.4. The van der Waals surface area contributed by atoms with Crippen LogP contribution in [0.4, 0.5) is 5.69 Å². The number of nitrogens with zero attached hydrogens (tertiary/aromatic N) is 1. The van der Waals surface area contributed by atoms with Crippen LogP contribution in [0.3, 0.4) is 0 Å². The molecular weight excluding hydrogens is 343 g/mol. The zero-order valence-corrected chi connectivity index (χ0v) is 12.8. The number of hydrogen-bond acceptors (Lipinski definition) is 3. The van der Waals surface area contributed by atoms with E-state index in [1.165, 1.54) is 11.3 Å². The molecule has 2 aromatic heterocycles. The summed E-state index contributed by atoms with van der Waals surface area (Å²) in [6.45, 7) is 2.03. The predicted octanol–water partition coefficient (Wildman–Crippen LogP) is 5.39. The predicted molar refractivity (Wildman–Crippen MR) is 78.3 cm³/mol. The minimum absolute atomic E-state index is 0.0919. The third kappa shape index (κ3) is 3.35. The summed E-state index contributed by atoms with van der Waals surface area (Å²) >= 11 is 16.7. The lowest BCUT2D eigenvalue weighted by atomic mass is 10.2. The first-order chi connectivity index (χ1) is 8.06. The van der Waals surface area contributed by atoms with E-state index in [0.717, 1.165) is 20.2 Å². The van der Waals surface area contributed by atoms with Gasteiger partial charge in [0.15, 0.2) is 0 Å². The monoisotopic (exact) mass is 350 g/mol. The van der Waals surface area contributed by atoms with E-state index >= 15 is 0 Å². The fourth-order valence-corrected chi connectivity index (χ4v) is 3.32. The van der Waals surface area contributed by atoms with Crippen LogP contribution in [0.1, 0.15) is 18.5 Å². The molecule has 0 bridgehead atoms. The van der Waals surface area contributed by atoms with Crippen LogP contribution in [0.5, 0.6) is 0 Å². The van der Waals surface area contributed by atoms with Crippen LogP contribution in [0.2, 0.25) is 8.67 Å². The van der Waals surface area contributed by atoms with Crippen molar-refractivity contribution in [1.82, 2.24) is 4.98 Å². The number of pyridine rings is 1. The third-order valence-electron chi connectivity index (χ3n) is 2.26. The van der Waals surface area contributed by atoms with E-state index in [1.807, 2.05) is 25.1 Å². The van der Waals surface area contributed by atoms with Crippen molar-refractivity contribution in [3.8, 4) is 0 Å². The van der Waals surface area contributed by atoms with Gasteiger partial charge in [-0.1, -0.05) is 23.2 Å². The van der Waals surface area contributed by atoms with Crippen molar-refractivity contribution >= 4 is 56.2 Å². The number of anilines is 1. The van der Waals surface area contributed by atoms with Crippen molar-refractivity contribution in [3.05, 3.63) is 43.2 Å². The molecule has 0 aliphatic rings. The summed E-state index contributed by atoms with van der Waals surface area (Å²) < 4.78 is 2.24. The van der Waals surface area contributed by atoms with E-state index in [-0.39, 0.29) is 6.04 Å². The number of halogens is 3. The molecule has 0 aromatic carbocycles. The minimum atomic E-state index is 0.0919. The first kappa shape index (κ1) is 13.1. The van der Waals surface area contributed by atoms with Gasteiger partial charge in [-0.25, -0.2) is 4.98 Å². The fourth-order valence-electron chi connectivity index (χ4n) is 1.44. The van der Waals surface area contributed by atoms with Crippen LogP contribution < -0.4 is 5.32 Å². The van der Waals surface area contributed by atoms with Gasteiger partial charge in [0.1, 0.15) is 4.60 Å². The third-order valence-corrected chi connectivity index (χ3v) is 4.25. The molecular formula is C11H9BrCl2N2S. The van der Waals surface area contributed by atoms with Crippen molar-refractivity contribution in [2.45, 2.75) is 13.0 Å². The van der Waals surface area contributed by atoms with Gasteiger partial charge in [0.05, 0.1) is 26.6 Å². The van der Waals surface area contributed by atoms with Gasteiger partial charge in [-0.3, -0.25) is 0 Å². The van der Waals surface area contributed by atoms with Crippen LogP contribution in [0.15, 0.2) is 29.0 Å². The summed E-state index contributed by atoms with van der Waals surface area (Å²) in [6.07, 6.45) is 1.77. The second-order valence-electron chi connectivity index (χ2n) is 3.52. The summed E-state index contributed by atoms with van der Waals surface area (Å²) in [5.74, 6) is 0. The highest BCUT2D eigenvalue weighted by Crippen LogP contribution is 2.35. The molecule has 2 heterocycles. The summed E-state index contributed by atoms with van der Waals surface area (Å²) in [7, 11) is 0. The summed E-state index contributed by atoms with van der Waals surface area (Å²) in [5.41, 5.74) is 1.95. The Morgan fingerprint density at radius 3 is 2.71 bits per heavy atom. The molecule has 6 heteroatoms. The molecule has 0 aliphatic heterocycles. The molecule has 2 aromatic rings. The average Bonchev–Trinajstić information content (AvgIpc) is 2.61. The summed E-state index contributed by atoms with van der Waals surface area (Å²) in [6, 6.07) is 5.82. The molecule has 2 nitrogen and oxygen atoms in total. The highest BCUT2D eigenvalue weighted by molar-refractivity contribution is 9.10. The van der Waals surface area contributed by atoms with Crippen LogP contribution in [0, 0.1) is 0 Å². The lowest BCUT2D eigenvalue weighted by molar-refractivity contribution is 0.888. The number of aromatic nitrogens is 1. The van der Waals surface area contributed by atoms with E-state index < -0.39 is 0 Å². The van der Waals surface area contributed by atoms with Crippen molar-refractivity contribution in [2.75, 3.05) is 5.32 Å². The maximum Gasteiger partial charge on any atom is 0.106 e. The zero-order valence-electron chi connectivity index (χ0n) is 8.88. The summed E-state index contributed by atoms with van der Waals surface area (Å²) in [5, 5.41) is 3.32.